The molecule has 0 atom stereocenters. The number of nitrogens with one attached hydrogen (secondary N) is 2. The summed E-state index contributed by atoms with van der Waals surface area (Å²) >= 11 is 0. The van der Waals surface area contributed by atoms with Gasteiger partial charge in [-0.05, 0) is 29.8 Å². The van der Waals surface area contributed by atoms with Crippen LogP contribution in [0.2, 0.25) is 0 Å². The minimum Gasteiger partial charge on any atom is -0.392 e. The molecule has 0 saturated heterocycles. The molecule has 0 unspecified atom stereocenters. The summed E-state index contributed by atoms with van der Waals surface area (Å²) in [5.74, 6) is 0.503. The van der Waals surface area contributed by atoms with E-state index in [9.17, 15) is 9.90 Å². The molecule has 0 spiro atoms. The molecular weight excluding hydrogens is 354 g/mol. The zero-order chi connectivity index (χ0) is 19.5. The maximum Gasteiger partial charge on any atom is 0.221 e. The average Bonchev–Trinajstić information content (AvgIpc) is 3.14. The van der Waals surface area contributed by atoms with Gasteiger partial charge in [-0.1, -0.05) is 24.3 Å². The SMILES string of the molecule is CC(=O)Nc1ccc(Nc2nccn3c(-c4ccccc4CO)cnc23)cc1. The van der Waals surface area contributed by atoms with E-state index in [1.54, 1.807) is 12.4 Å². The second-order valence-corrected chi connectivity index (χ2v) is 6.31. The lowest BCUT2D eigenvalue weighted by Crippen LogP contribution is -2.05. The number of hydrogen-bond acceptors (Lipinski definition) is 5. The lowest BCUT2D eigenvalue weighted by molar-refractivity contribution is -0.114. The van der Waals surface area contributed by atoms with Crippen molar-refractivity contribution in [1.82, 2.24) is 14.4 Å². The van der Waals surface area contributed by atoms with Crippen LogP contribution in [0.3, 0.4) is 0 Å². The van der Waals surface area contributed by atoms with Gasteiger partial charge in [0.25, 0.3) is 0 Å². The van der Waals surface area contributed by atoms with Crippen LogP contribution in [0.15, 0.2) is 67.1 Å². The molecule has 2 heterocycles. The lowest BCUT2D eigenvalue weighted by Gasteiger charge is -2.10. The Morgan fingerprint density at radius 2 is 1.82 bits per heavy atom. The number of aromatic nitrogens is 3. The summed E-state index contributed by atoms with van der Waals surface area (Å²) < 4.78 is 1.94. The van der Waals surface area contributed by atoms with Crippen molar-refractivity contribution in [2.24, 2.45) is 0 Å². The van der Waals surface area contributed by atoms with Crippen molar-refractivity contribution in [3.05, 3.63) is 72.7 Å². The van der Waals surface area contributed by atoms with Crippen LogP contribution in [0.1, 0.15) is 12.5 Å². The minimum atomic E-state index is -0.111. The number of nitrogens with zero attached hydrogens (tertiary/aromatic N) is 3. The Bertz CT molecular complexity index is 1140. The molecule has 2 aromatic heterocycles. The van der Waals surface area contributed by atoms with E-state index in [4.69, 9.17) is 0 Å². The first-order valence-corrected chi connectivity index (χ1v) is 8.81. The van der Waals surface area contributed by atoms with Crippen molar-refractivity contribution in [3.8, 4) is 11.3 Å². The molecule has 7 nitrogen and oxygen atoms in total. The summed E-state index contributed by atoms with van der Waals surface area (Å²) in [6, 6.07) is 15.1. The van der Waals surface area contributed by atoms with Crippen molar-refractivity contribution in [2.75, 3.05) is 10.6 Å². The van der Waals surface area contributed by atoms with Gasteiger partial charge in [-0.3, -0.25) is 9.20 Å². The van der Waals surface area contributed by atoms with Crippen LogP contribution in [-0.2, 0) is 11.4 Å². The molecule has 2 aromatic carbocycles. The Morgan fingerprint density at radius 1 is 1.07 bits per heavy atom. The number of imidazole rings is 1. The molecule has 1 amide bonds. The number of carbonyl (C=O) groups excluding carboxylic acids is 1. The summed E-state index contributed by atoms with van der Waals surface area (Å²) in [5.41, 5.74) is 4.88. The highest BCUT2D eigenvalue weighted by Gasteiger charge is 2.13. The summed E-state index contributed by atoms with van der Waals surface area (Å²) in [6.45, 7) is 1.43. The molecule has 0 bridgehead atoms. The van der Waals surface area contributed by atoms with E-state index in [1.807, 2.05) is 59.1 Å². The number of carbonyl (C=O) groups is 1. The Morgan fingerprint density at radius 3 is 2.57 bits per heavy atom. The van der Waals surface area contributed by atoms with Gasteiger partial charge in [0.1, 0.15) is 0 Å². The molecule has 0 fully saturated rings. The summed E-state index contributed by atoms with van der Waals surface area (Å²) in [7, 11) is 0. The molecule has 28 heavy (non-hydrogen) atoms. The smallest absolute Gasteiger partial charge is 0.221 e. The van der Waals surface area contributed by atoms with Gasteiger partial charge in [0, 0.05) is 36.3 Å². The predicted octanol–water partition coefficient (Wildman–Crippen LogP) is 3.59. The van der Waals surface area contributed by atoms with Gasteiger partial charge >= 0.3 is 0 Å². The molecule has 140 valence electrons. The summed E-state index contributed by atoms with van der Waals surface area (Å²) in [4.78, 5) is 20.1. The fourth-order valence-electron chi connectivity index (χ4n) is 3.09. The molecule has 0 aliphatic heterocycles. The van der Waals surface area contributed by atoms with E-state index in [0.717, 1.165) is 28.2 Å². The predicted molar refractivity (Wildman–Crippen MR) is 108 cm³/mol. The maximum atomic E-state index is 11.1. The number of hydrogen-bond donors (Lipinski definition) is 3. The first-order valence-electron chi connectivity index (χ1n) is 8.81. The standard InChI is InChI=1S/C21H19N5O2/c1-14(28)24-16-6-8-17(9-7-16)25-20-21-23-12-19(26(21)11-10-22-20)18-5-3-2-4-15(18)13-27/h2-12,27H,13H2,1H3,(H,22,25)(H,24,28). The number of aliphatic hydroxyl groups is 1. The highest BCUT2D eigenvalue weighted by Crippen LogP contribution is 2.27. The first kappa shape index (κ1) is 17.7. The molecule has 3 N–H and O–H groups in total. The fraction of sp³-hybridized carbons (Fsp3) is 0.0952. The Labute approximate surface area is 161 Å². The highest BCUT2D eigenvalue weighted by atomic mass is 16.3. The van der Waals surface area contributed by atoms with Gasteiger partial charge in [0.15, 0.2) is 11.5 Å². The molecule has 0 aliphatic rings. The molecule has 0 saturated carbocycles. The van der Waals surface area contributed by atoms with Crippen LogP contribution in [0.4, 0.5) is 17.2 Å². The second kappa shape index (κ2) is 7.50. The largest absolute Gasteiger partial charge is 0.392 e. The zero-order valence-corrected chi connectivity index (χ0v) is 15.3. The molecule has 7 heteroatoms. The van der Waals surface area contributed by atoms with Gasteiger partial charge in [0.05, 0.1) is 18.5 Å². The van der Waals surface area contributed by atoms with Crippen LogP contribution in [0.25, 0.3) is 16.9 Å². The number of fused-ring (bicyclic) bond motifs is 1. The maximum absolute atomic E-state index is 11.1. The van der Waals surface area contributed by atoms with Crippen molar-refractivity contribution in [1.29, 1.82) is 0 Å². The van der Waals surface area contributed by atoms with Gasteiger partial charge in [0.2, 0.25) is 5.91 Å². The van der Waals surface area contributed by atoms with E-state index in [-0.39, 0.29) is 12.5 Å². The molecule has 0 aliphatic carbocycles. The normalized spacial score (nSPS) is 10.8. The van der Waals surface area contributed by atoms with Gasteiger partial charge < -0.3 is 15.7 Å². The number of aliphatic hydroxyl groups excluding tert-OH is 1. The van der Waals surface area contributed by atoms with Gasteiger partial charge in [-0.15, -0.1) is 0 Å². The van der Waals surface area contributed by atoms with E-state index in [0.29, 0.717) is 11.5 Å². The minimum absolute atomic E-state index is 0.0414. The molecule has 4 rings (SSSR count). The van der Waals surface area contributed by atoms with Crippen LogP contribution in [-0.4, -0.2) is 25.4 Å². The quantitative estimate of drug-likeness (QED) is 0.497. The highest BCUT2D eigenvalue weighted by molar-refractivity contribution is 5.89. The van der Waals surface area contributed by atoms with E-state index < -0.39 is 0 Å². The Balaban J connectivity index is 1.68. The Kier molecular flexibility index (Phi) is 4.74. The number of anilines is 3. The molecule has 0 radical (unpaired) electrons. The lowest BCUT2D eigenvalue weighted by atomic mass is 10.1. The van der Waals surface area contributed by atoms with Crippen molar-refractivity contribution >= 4 is 28.7 Å². The molecule has 4 aromatic rings. The van der Waals surface area contributed by atoms with E-state index in [2.05, 4.69) is 20.6 Å². The van der Waals surface area contributed by atoms with Crippen LogP contribution in [0.5, 0.6) is 0 Å². The first-order chi connectivity index (χ1) is 13.7. The number of rotatable bonds is 5. The van der Waals surface area contributed by atoms with E-state index >= 15 is 0 Å². The fourth-order valence-corrected chi connectivity index (χ4v) is 3.09. The van der Waals surface area contributed by atoms with Crippen molar-refractivity contribution in [2.45, 2.75) is 13.5 Å². The summed E-state index contributed by atoms with van der Waals surface area (Å²) in [5, 5.41) is 15.6. The molecular formula is C21H19N5O2. The average molecular weight is 373 g/mol. The van der Waals surface area contributed by atoms with Gasteiger partial charge in [-0.25, -0.2) is 9.97 Å². The van der Waals surface area contributed by atoms with Crippen LogP contribution in [0, 0.1) is 0 Å². The monoisotopic (exact) mass is 373 g/mol. The zero-order valence-electron chi connectivity index (χ0n) is 15.3. The van der Waals surface area contributed by atoms with Gasteiger partial charge in [-0.2, -0.15) is 0 Å². The van der Waals surface area contributed by atoms with Crippen LogP contribution >= 0.6 is 0 Å². The second-order valence-electron chi connectivity index (χ2n) is 6.31. The Hall–Kier alpha value is -3.71. The third-order valence-electron chi connectivity index (χ3n) is 4.36. The third kappa shape index (κ3) is 3.43. The third-order valence-corrected chi connectivity index (χ3v) is 4.36. The topological polar surface area (TPSA) is 91.6 Å². The summed E-state index contributed by atoms with van der Waals surface area (Å²) in [6.07, 6.45) is 5.32. The van der Waals surface area contributed by atoms with Crippen molar-refractivity contribution in [3.63, 3.8) is 0 Å². The number of benzene rings is 2. The van der Waals surface area contributed by atoms with E-state index in [1.165, 1.54) is 6.92 Å². The van der Waals surface area contributed by atoms with Crippen molar-refractivity contribution < 1.29 is 9.90 Å². The number of amides is 1. The van der Waals surface area contributed by atoms with Crippen LogP contribution < -0.4 is 10.6 Å².